The molecule has 5 amide bonds. The maximum absolute atomic E-state index is 13.0. The van der Waals surface area contributed by atoms with Crippen molar-refractivity contribution in [3.05, 3.63) is 0 Å². The Morgan fingerprint density at radius 1 is 1.11 bits per heavy atom. The van der Waals surface area contributed by atoms with Gasteiger partial charge in [0.25, 0.3) is 0 Å². The molecule has 11 N–H and O–H groups in total. The number of hydrogen-bond donors (Lipinski definition) is 10. The average Bonchev–Trinajstić information content (AvgIpc) is 2.84. The molecule has 15 heteroatoms. The van der Waals surface area contributed by atoms with Gasteiger partial charge in [-0.15, -0.1) is 0 Å². The van der Waals surface area contributed by atoms with Gasteiger partial charge in [0.05, 0.1) is 25.4 Å². The van der Waals surface area contributed by atoms with Crippen molar-refractivity contribution in [2.24, 2.45) is 5.73 Å². The molecule has 0 aromatic heterocycles. The van der Waals surface area contributed by atoms with Gasteiger partial charge in [-0.05, 0) is 39.7 Å². The van der Waals surface area contributed by atoms with E-state index in [4.69, 9.17) is 5.73 Å². The Morgan fingerprint density at radius 2 is 1.81 bits per heavy atom. The second-order valence-corrected chi connectivity index (χ2v) is 8.93. The molecule has 1 saturated heterocycles. The van der Waals surface area contributed by atoms with E-state index in [-0.39, 0.29) is 38.3 Å². The molecule has 6 atom stereocenters. The van der Waals surface area contributed by atoms with E-state index in [0.29, 0.717) is 12.8 Å². The Labute approximate surface area is 215 Å². The zero-order valence-electron chi connectivity index (χ0n) is 21.3. The quantitative estimate of drug-likeness (QED) is 0.150. The van der Waals surface area contributed by atoms with Crippen molar-refractivity contribution in [3.8, 4) is 0 Å². The Hall–Kier alpha value is -2.85. The number of hydrogen-bond acceptors (Lipinski definition) is 10. The molecule has 1 unspecified atom stereocenters. The van der Waals surface area contributed by atoms with Crippen LogP contribution in [0.15, 0.2) is 0 Å². The molecule has 1 aliphatic heterocycles. The zero-order valence-corrected chi connectivity index (χ0v) is 21.3. The average molecular weight is 532 g/mol. The Bertz CT molecular complexity index is 778. The maximum atomic E-state index is 13.0. The van der Waals surface area contributed by atoms with E-state index < -0.39 is 73.2 Å². The summed E-state index contributed by atoms with van der Waals surface area (Å²) in [6.07, 6.45) is -0.0759. The number of nitrogens with one attached hydrogen (secondary N) is 6. The number of nitrogens with two attached hydrogens (primary N) is 1. The number of rotatable bonds is 7. The lowest BCUT2D eigenvalue weighted by atomic mass is 10.1. The molecule has 0 aliphatic carbocycles. The smallest absolute Gasteiger partial charge is 0.242 e. The van der Waals surface area contributed by atoms with Crippen LogP contribution in [0.4, 0.5) is 0 Å². The van der Waals surface area contributed by atoms with Gasteiger partial charge in [-0.1, -0.05) is 0 Å². The van der Waals surface area contributed by atoms with Gasteiger partial charge in [-0.3, -0.25) is 24.0 Å². The molecule has 0 aromatic rings. The van der Waals surface area contributed by atoms with E-state index in [9.17, 15) is 39.3 Å². The molecule has 0 aromatic carbocycles. The van der Waals surface area contributed by atoms with Crippen LogP contribution in [0.2, 0.25) is 0 Å². The van der Waals surface area contributed by atoms with E-state index >= 15 is 0 Å². The van der Waals surface area contributed by atoms with Gasteiger partial charge in [0, 0.05) is 19.5 Å². The molecule has 0 bridgehead atoms. The molecule has 212 valence electrons. The Morgan fingerprint density at radius 3 is 2.38 bits per heavy atom. The minimum Gasteiger partial charge on any atom is -0.394 e. The third-order valence-corrected chi connectivity index (χ3v) is 6.04. The number of carbonyl (C=O) groups is 5. The molecular weight excluding hydrogens is 490 g/mol. The number of carbonyl (C=O) groups excluding carboxylic acids is 5. The summed E-state index contributed by atoms with van der Waals surface area (Å²) in [5.74, 6) is -3.14. The third-order valence-electron chi connectivity index (χ3n) is 6.04. The molecule has 1 rings (SSSR count). The summed E-state index contributed by atoms with van der Waals surface area (Å²) in [7, 11) is 1.46. The second kappa shape index (κ2) is 16.8. The van der Waals surface area contributed by atoms with E-state index in [1.165, 1.54) is 14.0 Å². The maximum Gasteiger partial charge on any atom is 0.242 e. The molecule has 1 aliphatic rings. The first-order valence-electron chi connectivity index (χ1n) is 12.3. The van der Waals surface area contributed by atoms with E-state index in [1.807, 2.05) is 0 Å². The Kier molecular flexibility index (Phi) is 14.6. The molecule has 0 spiro atoms. The van der Waals surface area contributed by atoms with Gasteiger partial charge in [0.15, 0.2) is 0 Å². The molecular formula is C22H41N7O8. The summed E-state index contributed by atoms with van der Waals surface area (Å²) in [6, 6.07) is -5.22. The Balaban J connectivity index is 3.11. The van der Waals surface area contributed by atoms with Gasteiger partial charge < -0.3 is 53.0 Å². The number of likely N-dealkylation sites (N-methyl/N-ethyl adjacent to an activating group) is 1. The van der Waals surface area contributed by atoms with Crippen molar-refractivity contribution in [1.29, 1.82) is 0 Å². The first-order chi connectivity index (χ1) is 17.5. The standard InChI is InChI=1S/C22H41N7O8/c1-12(32)15-9-26-17(11-31)22(37)27-13(19(23)34)5-3-4-8-25-18(33)7-6-14(20(35)29-15)28-21(36)16(10-30)24-2/h12-17,24,26,30-32H,3-11H2,1-2H3,(H2,23,34)(H,25,33)(H,27,37)(H,28,36)(H,29,35)/t12?,13-,14-,15+,16-,17-/m0/s1. The summed E-state index contributed by atoms with van der Waals surface area (Å²) in [5, 5.41) is 44.9. The fraction of sp³-hybridized carbons (Fsp3) is 0.773. The van der Waals surface area contributed by atoms with Gasteiger partial charge >= 0.3 is 0 Å². The van der Waals surface area contributed by atoms with Crippen LogP contribution < -0.4 is 37.6 Å². The summed E-state index contributed by atoms with van der Waals surface area (Å²) in [5.41, 5.74) is 5.38. The highest BCUT2D eigenvalue weighted by atomic mass is 16.3. The normalized spacial score (nSPS) is 26.9. The van der Waals surface area contributed by atoms with Crippen molar-refractivity contribution >= 4 is 29.5 Å². The van der Waals surface area contributed by atoms with Crippen LogP contribution in [-0.2, 0) is 24.0 Å². The first-order valence-corrected chi connectivity index (χ1v) is 12.3. The lowest BCUT2D eigenvalue weighted by molar-refractivity contribution is -0.132. The number of aliphatic hydroxyl groups excluding tert-OH is 3. The van der Waals surface area contributed by atoms with Gasteiger partial charge in [0.2, 0.25) is 29.5 Å². The summed E-state index contributed by atoms with van der Waals surface area (Å²) >= 11 is 0. The van der Waals surface area contributed by atoms with Crippen LogP contribution in [-0.4, -0.2) is 115 Å². The second-order valence-electron chi connectivity index (χ2n) is 8.93. The lowest BCUT2D eigenvalue weighted by Gasteiger charge is -2.28. The fourth-order valence-electron chi connectivity index (χ4n) is 3.60. The fourth-order valence-corrected chi connectivity index (χ4v) is 3.60. The van der Waals surface area contributed by atoms with Crippen molar-refractivity contribution in [3.63, 3.8) is 0 Å². The van der Waals surface area contributed by atoms with E-state index in [1.54, 1.807) is 0 Å². The van der Waals surface area contributed by atoms with Crippen molar-refractivity contribution in [2.45, 2.75) is 75.3 Å². The molecule has 1 fully saturated rings. The molecule has 0 radical (unpaired) electrons. The van der Waals surface area contributed by atoms with Crippen LogP contribution in [0.1, 0.15) is 39.0 Å². The van der Waals surface area contributed by atoms with Crippen LogP contribution in [0.3, 0.4) is 0 Å². The highest BCUT2D eigenvalue weighted by molar-refractivity contribution is 5.91. The van der Waals surface area contributed by atoms with Crippen molar-refractivity contribution in [1.82, 2.24) is 31.9 Å². The topological polar surface area (TPSA) is 244 Å². The molecule has 37 heavy (non-hydrogen) atoms. The number of primary amides is 1. The first kappa shape index (κ1) is 32.2. The largest absolute Gasteiger partial charge is 0.394 e. The zero-order chi connectivity index (χ0) is 28.0. The monoisotopic (exact) mass is 531 g/mol. The SMILES string of the molecule is CN[C@@H](CO)C(=O)N[C@H]1CCC(=O)NCCCC[C@@H](C(N)=O)NC(=O)[C@H](CO)NC[C@H](C(C)O)NC1=O. The van der Waals surface area contributed by atoms with Gasteiger partial charge in [0.1, 0.15) is 24.2 Å². The number of amides is 5. The van der Waals surface area contributed by atoms with Gasteiger partial charge in [-0.25, -0.2) is 0 Å². The highest BCUT2D eigenvalue weighted by Crippen LogP contribution is 2.05. The third kappa shape index (κ3) is 11.4. The van der Waals surface area contributed by atoms with E-state index in [0.717, 1.165) is 0 Å². The summed E-state index contributed by atoms with van der Waals surface area (Å²) in [6.45, 7) is 0.381. The molecule has 0 saturated carbocycles. The van der Waals surface area contributed by atoms with Crippen LogP contribution in [0.25, 0.3) is 0 Å². The summed E-state index contributed by atoms with van der Waals surface area (Å²) in [4.78, 5) is 62.2. The lowest BCUT2D eigenvalue weighted by Crippen LogP contribution is -2.59. The highest BCUT2D eigenvalue weighted by Gasteiger charge is 2.30. The van der Waals surface area contributed by atoms with Crippen LogP contribution >= 0.6 is 0 Å². The van der Waals surface area contributed by atoms with E-state index in [2.05, 4.69) is 31.9 Å². The molecule has 15 nitrogen and oxygen atoms in total. The van der Waals surface area contributed by atoms with Gasteiger partial charge in [-0.2, -0.15) is 0 Å². The van der Waals surface area contributed by atoms with Crippen molar-refractivity contribution in [2.75, 3.05) is 33.4 Å². The summed E-state index contributed by atoms with van der Waals surface area (Å²) < 4.78 is 0. The number of aliphatic hydroxyl groups is 3. The van der Waals surface area contributed by atoms with Crippen LogP contribution in [0, 0.1) is 0 Å². The predicted molar refractivity (Wildman–Crippen MR) is 132 cm³/mol. The molecule has 1 heterocycles. The predicted octanol–water partition coefficient (Wildman–Crippen LogP) is -5.08. The minimum absolute atomic E-state index is 0.0589. The minimum atomic E-state index is -1.16. The van der Waals surface area contributed by atoms with Crippen LogP contribution in [0.5, 0.6) is 0 Å². The van der Waals surface area contributed by atoms with Crippen molar-refractivity contribution < 1.29 is 39.3 Å².